The maximum Gasteiger partial charge on any atom is 0.234 e. The zero-order chi connectivity index (χ0) is 18.8. The summed E-state index contributed by atoms with van der Waals surface area (Å²) in [6.45, 7) is 5.69. The molecule has 0 spiro atoms. The monoisotopic (exact) mass is 386 g/mol. The fraction of sp³-hybridized carbons (Fsp3) is 0.550. The predicted molar refractivity (Wildman–Crippen MR) is 106 cm³/mol. The standard InChI is InChI=1S/C20H26N4O2S/c1-13-5-8-17(14(2)10-13)21-18(25)12-27-20-23-22-19(15-6-7-15)24(20)11-16-4-3-9-26-16/h5,8,10,15-16H,3-4,6-7,9,11-12H2,1-2H3,(H,21,25)/t16-/m1/s1. The van der Waals surface area contributed by atoms with Crippen molar-refractivity contribution in [1.29, 1.82) is 0 Å². The van der Waals surface area contributed by atoms with Crippen LogP contribution in [-0.2, 0) is 16.1 Å². The number of rotatable bonds is 7. The van der Waals surface area contributed by atoms with Crippen LogP contribution >= 0.6 is 11.8 Å². The molecule has 0 radical (unpaired) electrons. The summed E-state index contributed by atoms with van der Waals surface area (Å²) < 4.78 is 7.98. The Balaban J connectivity index is 1.40. The number of hydrogen-bond donors (Lipinski definition) is 1. The number of carbonyl (C=O) groups is 1. The molecule has 2 fully saturated rings. The van der Waals surface area contributed by atoms with Gasteiger partial charge in [0.15, 0.2) is 5.16 Å². The Morgan fingerprint density at radius 2 is 2.15 bits per heavy atom. The van der Waals surface area contributed by atoms with Crippen molar-refractivity contribution in [3.05, 3.63) is 35.2 Å². The summed E-state index contributed by atoms with van der Waals surface area (Å²) in [6, 6.07) is 6.04. The van der Waals surface area contributed by atoms with Crippen LogP contribution in [0.1, 0.15) is 48.6 Å². The average molecular weight is 387 g/mol. The van der Waals surface area contributed by atoms with Crippen molar-refractivity contribution < 1.29 is 9.53 Å². The summed E-state index contributed by atoms with van der Waals surface area (Å²) in [6.07, 6.45) is 4.80. The Morgan fingerprint density at radius 1 is 1.30 bits per heavy atom. The lowest BCUT2D eigenvalue weighted by molar-refractivity contribution is -0.113. The smallest absolute Gasteiger partial charge is 0.234 e. The molecule has 144 valence electrons. The van der Waals surface area contributed by atoms with Crippen molar-refractivity contribution in [2.75, 3.05) is 17.7 Å². The molecule has 1 saturated carbocycles. The molecule has 1 aromatic carbocycles. The molecule has 1 saturated heterocycles. The maximum absolute atomic E-state index is 12.4. The third kappa shape index (κ3) is 4.52. The van der Waals surface area contributed by atoms with Gasteiger partial charge in [0, 0.05) is 18.2 Å². The van der Waals surface area contributed by atoms with Gasteiger partial charge in [0.2, 0.25) is 5.91 Å². The summed E-state index contributed by atoms with van der Waals surface area (Å²) in [7, 11) is 0. The highest BCUT2D eigenvalue weighted by molar-refractivity contribution is 7.99. The van der Waals surface area contributed by atoms with Crippen LogP contribution in [0.15, 0.2) is 23.4 Å². The van der Waals surface area contributed by atoms with Crippen LogP contribution in [0.5, 0.6) is 0 Å². The van der Waals surface area contributed by atoms with E-state index in [9.17, 15) is 4.79 Å². The lowest BCUT2D eigenvalue weighted by atomic mass is 10.1. The highest BCUT2D eigenvalue weighted by atomic mass is 32.2. The Kier molecular flexibility index (Phi) is 5.50. The average Bonchev–Trinajstić information content (AvgIpc) is 3.20. The van der Waals surface area contributed by atoms with Crippen LogP contribution in [0.3, 0.4) is 0 Å². The summed E-state index contributed by atoms with van der Waals surface area (Å²) in [5.41, 5.74) is 3.13. The molecule has 0 unspecified atom stereocenters. The zero-order valence-corrected chi connectivity index (χ0v) is 16.7. The molecule has 6 nitrogen and oxygen atoms in total. The molecule has 2 aliphatic rings. The minimum Gasteiger partial charge on any atom is -0.376 e. The lowest BCUT2D eigenvalue weighted by Gasteiger charge is -2.14. The first-order valence-corrected chi connectivity index (χ1v) is 10.6. The number of ether oxygens (including phenoxy) is 1. The van der Waals surface area contributed by atoms with Gasteiger partial charge < -0.3 is 14.6 Å². The molecule has 2 aromatic rings. The fourth-order valence-electron chi connectivity index (χ4n) is 3.48. The van der Waals surface area contributed by atoms with E-state index in [1.807, 2.05) is 26.0 Å². The van der Waals surface area contributed by atoms with E-state index in [2.05, 4.69) is 26.1 Å². The van der Waals surface area contributed by atoms with Gasteiger partial charge in [0.25, 0.3) is 0 Å². The Morgan fingerprint density at radius 3 is 2.85 bits per heavy atom. The number of nitrogens with one attached hydrogen (secondary N) is 1. The van der Waals surface area contributed by atoms with Gasteiger partial charge in [-0.15, -0.1) is 10.2 Å². The first-order chi connectivity index (χ1) is 13.1. The number of hydrogen-bond acceptors (Lipinski definition) is 5. The van der Waals surface area contributed by atoms with E-state index >= 15 is 0 Å². The highest BCUT2D eigenvalue weighted by Crippen LogP contribution is 2.40. The molecule has 1 aromatic heterocycles. The van der Waals surface area contributed by atoms with Crippen LogP contribution in [0, 0.1) is 13.8 Å². The van der Waals surface area contributed by atoms with E-state index in [-0.39, 0.29) is 12.0 Å². The van der Waals surface area contributed by atoms with Crippen LogP contribution in [0.4, 0.5) is 5.69 Å². The van der Waals surface area contributed by atoms with Crippen LogP contribution in [-0.4, -0.2) is 39.1 Å². The number of thioether (sulfide) groups is 1. The number of nitrogens with zero attached hydrogens (tertiary/aromatic N) is 3. The third-order valence-electron chi connectivity index (χ3n) is 5.09. The number of aromatic nitrogens is 3. The van der Waals surface area contributed by atoms with Crippen molar-refractivity contribution in [2.45, 2.75) is 63.3 Å². The predicted octanol–water partition coefficient (Wildman–Crippen LogP) is 3.68. The molecule has 1 aliphatic carbocycles. The second-order valence-corrected chi connectivity index (χ2v) is 8.46. The van der Waals surface area contributed by atoms with Gasteiger partial charge in [-0.1, -0.05) is 29.5 Å². The maximum atomic E-state index is 12.4. The molecule has 1 N–H and O–H groups in total. The minimum absolute atomic E-state index is 0.0217. The van der Waals surface area contributed by atoms with Crippen molar-refractivity contribution in [3.8, 4) is 0 Å². The largest absolute Gasteiger partial charge is 0.376 e. The molecule has 4 rings (SSSR count). The number of benzene rings is 1. The van der Waals surface area contributed by atoms with E-state index in [1.54, 1.807) is 0 Å². The van der Waals surface area contributed by atoms with E-state index in [0.717, 1.165) is 48.2 Å². The topological polar surface area (TPSA) is 69.0 Å². The summed E-state index contributed by atoms with van der Waals surface area (Å²) in [5.74, 6) is 1.88. The van der Waals surface area contributed by atoms with Crippen LogP contribution < -0.4 is 5.32 Å². The van der Waals surface area contributed by atoms with Gasteiger partial charge in [0.05, 0.1) is 18.4 Å². The highest BCUT2D eigenvalue weighted by Gasteiger charge is 2.32. The van der Waals surface area contributed by atoms with Crippen molar-refractivity contribution in [1.82, 2.24) is 14.8 Å². The van der Waals surface area contributed by atoms with E-state index in [4.69, 9.17) is 4.74 Å². The quantitative estimate of drug-likeness (QED) is 0.735. The van der Waals surface area contributed by atoms with E-state index in [0.29, 0.717) is 11.7 Å². The molecule has 0 bridgehead atoms. The molecule has 2 heterocycles. The first-order valence-electron chi connectivity index (χ1n) is 9.65. The molecule has 1 amide bonds. The zero-order valence-electron chi connectivity index (χ0n) is 15.9. The van der Waals surface area contributed by atoms with Gasteiger partial charge in [-0.05, 0) is 51.2 Å². The van der Waals surface area contributed by atoms with E-state index in [1.165, 1.54) is 30.2 Å². The van der Waals surface area contributed by atoms with Gasteiger partial charge in [-0.3, -0.25) is 4.79 Å². The van der Waals surface area contributed by atoms with E-state index < -0.39 is 0 Å². The van der Waals surface area contributed by atoms with Crippen LogP contribution in [0.25, 0.3) is 0 Å². The van der Waals surface area contributed by atoms with Crippen LogP contribution in [0.2, 0.25) is 0 Å². The minimum atomic E-state index is -0.0217. The van der Waals surface area contributed by atoms with Gasteiger partial charge in [-0.25, -0.2) is 0 Å². The Hall–Kier alpha value is -1.86. The number of carbonyl (C=O) groups excluding carboxylic acids is 1. The Bertz CT molecular complexity index is 825. The third-order valence-corrected chi connectivity index (χ3v) is 6.05. The summed E-state index contributed by atoms with van der Waals surface area (Å²) in [5, 5.41) is 12.6. The number of anilines is 1. The first kappa shape index (κ1) is 18.5. The second-order valence-electron chi connectivity index (χ2n) is 7.52. The second kappa shape index (κ2) is 8.02. The SMILES string of the molecule is Cc1ccc(NC(=O)CSc2nnc(C3CC3)n2C[C@H]2CCCO2)c(C)c1. The number of aryl methyl sites for hydroxylation is 2. The van der Waals surface area contributed by atoms with Gasteiger partial charge >= 0.3 is 0 Å². The summed E-state index contributed by atoms with van der Waals surface area (Å²) >= 11 is 1.45. The molecule has 7 heteroatoms. The lowest BCUT2D eigenvalue weighted by Crippen LogP contribution is -2.19. The summed E-state index contributed by atoms with van der Waals surface area (Å²) in [4.78, 5) is 12.4. The molecular formula is C20H26N4O2S. The Labute approximate surface area is 164 Å². The van der Waals surface area contributed by atoms with Gasteiger partial charge in [-0.2, -0.15) is 0 Å². The molecule has 1 atom stereocenters. The molecule has 27 heavy (non-hydrogen) atoms. The fourth-order valence-corrected chi connectivity index (χ4v) is 4.24. The normalized spacial score (nSPS) is 19.4. The van der Waals surface area contributed by atoms with Crippen molar-refractivity contribution in [3.63, 3.8) is 0 Å². The molecule has 1 aliphatic heterocycles. The number of amides is 1. The van der Waals surface area contributed by atoms with Gasteiger partial charge in [0.1, 0.15) is 5.82 Å². The van der Waals surface area contributed by atoms with Crippen molar-refractivity contribution >= 4 is 23.4 Å². The van der Waals surface area contributed by atoms with Crippen molar-refractivity contribution in [2.24, 2.45) is 0 Å². The molecular weight excluding hydrogens is 360 g/mol.